The van der Waals surface area contributed by atoms with Gasteiger partial charge >= 0.3 is 5.97 Å². The summed E-state index contributed by atoms with van der Waals surface area (Å²) >= 11 is 0. The molecule has 0 aliphatic heterocycles. The van der Waals surface area contributed by atoms with E-state index in [9.17, 15) is 9.59 Å². The van der Waals surface area contributed by atoms with Crippen LogP contribution in [0, 0.1) is 0 Å². The van der Waals surface area contributed by atoms with Crippen molar-refractivity contribution < 1.29 is 19.1 Å². The number of esters is 1. The van der Waals surface area contributed by atoms with E-state index in [0.29, 0.717) is 17.0 Å². The number of carbonyl (C=O) groups is 2. The van der Waals surface area contributed by atoms with E-state index < -0.39 is 12.1 Å². The lowest BCUT2D eigenvalue weighted by molar-refractivity contribution is -0.122. The first-order chi connectivity index (χ1) is 13.1. The lowest BCUT2D eigenvalue weighted by atomic mass is 10.1. The van der Waals surface area contributed by atoms with Crippen molar-refractivity contribution in [2.45, 2.75) is 20.0 Å². The summed E-state index contributed by atoms with van der Waals surface area (Å²) in [5, 5.41) is 4.73. The average Bonchev–Trinajstić information content (AvgIpc) is 2.69. The first kappa shape index (κ1) is 18.5. The van der Waals surface area contributed by atoms with E-state index in [2.05, 4.69) is 5.32 Å². The number of nitrogens with one attached hydrogen (secondary N) is 1. The van der Waals surface area contributed by atoms with Crippen molar-refractivity contribution in [2.75, 3.05) is 11.9 Å². The van der Waals surface area contributed by atoms with E-state index >= 15 is 0 Å². The maximum atomic E-state index is 12.6. The maximum Gasteiger partial charge on any atom is 0.340 e. The Kier molecular flexibility index (Phi) is 5.71. The van der Waals surface area contributed by atoms with Gasteiger partial charge in [0.15, 0.2) is 6.10 Å². The summed E-state index contributed by atoms with van der Waals surface area (Å²) in [7, 11) is 0. The predicted octanol–water partition coefficient (Wildman–Crippen LogP) is 4.42. The number of benzene rings is 3. The molecule has 1 amide bonds. The zero-order chi connectivity index (χ0) is 19.2. The molecule has 1 atom stereocenters. The molecule has 0 fully saturated rings. The van der Waals surface area contributed by atoms with Crippen LogP contribution in [0.5, 0.6) is 5.75 Å². The molecule has 3 aromatic carbocycles. The van der Waals surface area contributed by atoms with Gasteiger partial charge in [0.1, 0.15) is 5.75 Å². The number of ether oxygens (including phenoxy) is 2. The summed E-state index contributed by atoms with van der Waals surface area (Å²) in [5.74, 6) is -0.190. The molecule has 0 aliphatic rings. The number of para-hydroxylation sites is 1. The molecule has 0 saturated heterocycles. The summed E-state index contributed by atoms with van der Waals surface area (Å²) in [4.78, 5) is 24.6. The lowest BCUT2D eigenvalue weighted by Crippen LogP contribution is -2.30. The highest BCUT2D eigenvalue weighted by Crippen LogP contribution is 2.26. The third-order valence-electron chi connectivity index (χ3n) is 4.10. The Bertz CT molecular complexity index is 962. The molecule has 0 aromatic heterocycles. The molecule has 138 valence electrons. The fourth-order valence-corrected chi connectivity index (χ4v) is 2.76. The molecular formula is C22H21NO4. The third-order valence-corrected chi connectivity index (χ3v) is 4.10. The number of rotatable bonds is 6. The summed E-state index contributed by atoms with van der Waals surface area (Å²) in [5.41, 5.74) is 0.708. The maximum absolute atomic E-state index is 12.6. The number of hydrogen-bond acceptors (Lipinski definition) is 4. The summed E-state index contributed by atoms with van der Waals surface area (Å²) < 4.78 is 10.9. The van der Waals surface area contributed by atoms with Crippen molar-refractivity contribution in [3.05, 3.63) is 72.3 Å². The Morgan fingerprint density at radius 2 is 1.67 bits per heavy atom. The van der Waals surface area contributed by atoms with Gasteiger partial charge in [0, 0.05) is 5.39 Å². The molecular weight excluding hydrogens is 342 g/mol. The molecule has 0 bridgehead atoms. The molecule has 0 heterocycles. The second-order valence-electron chi connectivity index (χ2n) is 5.99. The van der Waals surface area contributed by atoms with E-state index in [4.69, 9.17) is 9.47 Å². The number of amides is 1. The van der Waals surface area contributed by atoms with Crippen LogP contribution >= 0.6 is 0 Å². The molecule has 0 radical (unpaired) electrons. The number of anilines is 1. The van der Waals surface area contributed by atoms with Crippen LogP contribution in [0.15, 0.2) is 66.7 Å². The van der Waals surface area contributed by atoms with Crippen LogP contribution in [-0.4, -0.2) is 24.6 Å². The molecule has 5 nitrogen and oxygen atoms in total. The molecule has 27 heavy (non-hydrogen) atoms. The van der Waals surface area contributed by atoms with Gasteiger partial charge in [-0.2, -0.15) is 0 Å². The smallest absolute Gasteiger partial charge is 0.340 e. The first-order valence-electron chi connectivity index (χ1n) is 8.81. The second kappa shape index (κ2) is 8.36. The highest BCUT2D eigenvalue weighted by Gasteiger charge is 2.19. The van der Waals surface area contributed by atoms with Crippen LogP contribution in [0.25, 0.3) is 10.8 Å². The van der Waals surface area contributed by atoms with Gasteiger partial charge in [-0.1, -0.05) is 48.5 Å². The fraction of sp³-hybridized carbons (Fsp3) is 0.182. The topological polar surface area (TPSA) is 64.6 Å². The van der Waals surface area contributed by atoms with Crippen molar-refractivity contribution in [1.82, 2.24) is 0 Å². The normalized spacial score (nSPS) is 11.6. The predicted molar refractivity (Wildman–Crippen MR) is 105 cm³/mol. The largest absolute Gasteiger partial charge is 0.480 e. The summed E-state index contributed by atoms with van der Waals surface area (Å²) in [6.07, 6.45) is -0.744. The zero-order valence-electron chi connectivity index (χ0n) is 15.3. The number of hydrogen-bond donors (Lipinski definition) is 1. The van der Waals surface area contributed by atoms with E-state index in [1.54, 1.807) is 38.1 Å². The molecule has 1 N–H and O–H groups in total. The number of fused-ring (bicyclic) bond motifs is 1. The Labute approximate surface area is 157 Å². The van der Waals surface area contributed by atoms with Crippen LogP contribution in [-0.2, 0) is 9.53 Å². The minimum Gasteiger partial charge on any atom is -0.480 e. The molecule has 0 unspecified atom stereocenters. The number of carbonyl (C=O) groups excluding carboxylic acids is 2. The Morgan fingerprint density at radius 3 is 2.48 bits per heavy atom. The van der Waals surface area contributed by atoms with E-state index in [0.717, 1.165) is 10.8 Å². The zero-order valence-corrected chi connectivity index (χ0v) is 15.3. The van der Waals surface area contributed by atoms with E-state index in [1.807, 2.05) is 42.5 Å². The van der Waals surface area contributed by atoms with Gasteiger partial charge in [0.25, 0.3) is 5.91 Å². The first-order valence-corrected chi connectivity index (χ1v) is 8.81. The molecule has 0 saturated carbocycles. The van der Waals surface area contributed by atoms with Crippen LogP contribution in [0.2, 0.25) is 0 Å². The van der Waals surface area contributed by atoms with E-state index in [-0.39, 0.29) is 12.5 Å². The van der Waals surface area contributed by atoms with Gasteiger partial charge in [0.2, 0.25) is 0 Å². The summed E-state index contributed by atoms with van der Waals surface area (Å²) in [6, 6.07) is 20.3. The van der Waals surface area contributed by atoms with Crippen molar-refractivity contribution in [2.24, 2.45) is 0 Å². The Hall–Kier alpha value is -3.34. The minimum absolute atomic E-state index is 0.266. The van der Waals surface area contributed by atoms with Gasteiger partial charge in [-0.15, -0.1) is 0 Å². The highest BCUT2D eigenvalue weighted by atomic mass is 16.5. The second-order valence-corrected chi connectivity index (χ2v) is 5.99. The van der Waals surface area contributed by atoms with Crippen LogP contribution in [0.4, 0.5) is 5.69 Å². The standard InChI is InChI=1S/C22H21NO4/c1-3-26-22(25)18-12-6-7-13-19(18)23-21(24)15(2)27-20-14-8-10-16-9-4-5-11-17(16)20/h4-15H,3H2,1-2H3,(H,23,24)/t15-/m1/s1. The highest BCUT2D eigenvalue weighted by molar-refractivity contribution is 6.02. The third kappa shape index (κ3) is 4.26. The molecule has 0 aliphatic carbocycles. The average molecular weight is 363 g/mol. The Balaban J connectivity index is 1.76. The molecule has 3 rings (SSSR count). The van der Waals surface area contributed by atoms with Crippen molar-refractivity contribution in [3.63, 3.8) is 0 Å². The van der Waals surface area contributed by atoms with Crippen LogP contribution in [0.1, 0.15) is 24.2 Å². The van der Waals surface area contributed by atoms with Crippen LogP contribution in [0.3, 0.4) is 0 Å². The van der Waals surface area contributed by atoms with Gasteiger partial charge in [-0.25, -0.2) is 4.79 Å². The summed E-state index contributed by atoms with van der Waals surface area (Å²) in [6.45, 7) is 3.67. The monoisotopic (exact) mass is 363 g/mol. The van der Waals surface area contributed by atoms with E-state index in [1.165, 1.54) is 0 Å². The molecule has 5 heteroatoms. The lowest BCUT2D eigenvalue weighted by Gasteiger charge is -2.17. The molecule has 0 spiro atoms. The van der Waals surface area contributed by atoms with Gasteiger partial charge in [0.05, 0.1) is 17.9 Å². The van der Waals surface area contributed by atoms with Gasteiger partial charge < -0.3 is 14.8 Å². The SMILES string of the molecule is CCOC(=O)c1ccccc1NC(=O)[C@@H](C)Oc1cccc2ccccc12. The molecule has 3 aromatic rings. The van der Waals surface area contributed by atoms with Gasteiger partial charge in [-0.3, -0.25) is 4.79 Å². The minimum atomic E-state index is -0.744. The Morgan fingerprint density at radius 1 is 0.963 bits per heavy atom. The quantitative estimate of drug-likeness (QED) is 0.658. The van der Waals surface area contributed by atoms with Crippen molar-refractivity contribution in [3.8, 4) is 5.75 Å². The van der Waals surface area contributed by atoms with Crippen molar-refractivity contribution >= 4 is 28.3 Å². The van der Waals surface area contributed by atoms with Crippen LogP contribution < -0.4 is 10.1 Å². The van der Waals surface area contributed by atoms with Crippen molar-refractivity contribution in [1.29, 1.82) is 0 Å². The fourth-order valence-electron chi connectivity index (χ4n) is 2.76. The van der Waals surface area contributed by atoms with Gasteiger partial charge in [-0.05, 0) is 37.4 Å².